The van der Waals surface area contributed by atoms with Gasteiger partial charge >= 0.3 is 0 Å². The van der Waals surface area contributed by atoms with Gasteiger partial charge in [0.1, 0.15) is 9.96 Å². The molecule has 0 saturated carbocycles. The number of hydrogen-bond donors (Lipinski definition) is 0. The van der Waals surface area contributed by atoms with Gasteiger partial charge in [-0.3, -0.25) is 0 Å². The van der Waals surface area contributed by atoms with E-state index in [9.17, 15) is 8.42 Å². The molecule has 124 valence electrons. The van der Waals surface area contributed by atoms with Crippen molar-refractivity contribution < 1.29 is 13.2 Å². The first-order chi connectivity index (χ1) is 11.0. The molecule has 1 saturated heterocycles. The van der Waals surface area contributed by atoms with E-state index in [1.807, 2.05) is 25.1 Å². The number of ether oxygens (including phenoxy) is 1. The molecule has 2 heterocycles. The van der Waals surface area contributed by atoms with Gasteiger partial charge in [0.15, 0.2) is 0 Å². The quantitative estimate of drug-likeness (QED) is 0.830. The Morgan fingerprint density at radius 1 is 1.22 bits per heavy atom. The van der Waals surface area contributed by atoms with E-state index >= 15 is 0 Å². The lowest BCUT2D eigenvalue weighted by Crippen LogP contribution is -2.28. The van der Waals surface area contributed by atoms with Crippen molar-refractivity contribution in [3.8, 4) is 5.75 Å². The van der Waals surface area contributed by atoms with Crippen LogP contribution in [0, 0.1) is 12.8 Å². The first kappa shape index (κ1) is 16.5. The van der Waals surface area contributed by atoms with Crippen molar-refractivity contribution in [3.63, 3.8) is 0 Å². The molecule has 1 aliphatic rings. The van der Waals surface area contributed by atoms with E-state index < -0.39 is 10.0 Å². The van der Waals surface area contributed by atoms with Crippen molar-refractivity contribution >= 4 is 21.4 Å². The summed E-state index contributed by atoms with van der Waals surface area (Å²) < 4.78 is 32.6. The van der Waals surface area contributed by atoms with Gasteiger partial charge in [-0.1, -0.05) is 12.1 Å². The van der Waals surface area contributed by atoms with Crippen LogP contribution in [0.15, 0.2) is 40.6 Å². The second-order valence-electron chi connectivity index (χ2n) is 5.94. The van der Waals surface area contributed by atoms with Crippen LogP contribution < -0.4 is 4.74 Å². The van der Waals surface area contributed by atoms with Crippen molar-refractivity contribution in [1.82, 2.24) is 4.31 Å². The molecule has 0 amide bonds. The van der Waals surface area contributed by atoms with Gasteiger partial charge in [-0.25, -0.2) is 8.42 Å². The van der Waals surface area contributed by atoms with Crippen LogP contribution in [0.5, 0.6) is 5.75 Å². The van der Waals surface area contributed by atoms with E-state index in [1.54, 1.807) is 17.5 Å². The number of benzene rings is 1. The fraction of sp³-hybridized carbons (Fsp3) is 0.412. The molecule has 1 atom stereocenters. The molecule has 0 bridgehead atoms. The van der Waals surface area contributed by atoms with Gasteiger partial charge in [0.05, 0.1) is 7.11 Å². The Labute approximate surface area is 141 Å². The maximum Gasteiger partial charge on any atom is 0.252 e. The Hall–Kier alpha value is -1.37. The van der Waals surface area contributed by atoms with Gasteiger partial charge in [-0.2, -0.15) is 4.31 Å². The molecule has 0 aliphatic carbocycles. The molecule has 4 nitrogen and oxygen atoms in total. The smallest absolute Gasteiger partial charge is 0.252 e. The molecular formula is C17H21NO3S2. The number of hydrogen-bond acceptors (Lipinski definition) is 4. The van der Waals surface area contributed by atoms with Crippen LogP contribution in [-0.2, 0) is 16.4 Å². The molecule has 1 aliphatic heterocycles. The Balaban J connectivity index is 1.66. The Morgan fingerprint density at radius 3 is 2.57 bits per heavy atom. The standard InChI is InChI=1S/C17H21NO3S2/c1-13-3-8-17(22-13)23(19,20)18-10-9-15(12-18)11-14-4-6-16(21-2)7-5-14/h3-8,15H,9-12H2,1-2H3. The minimum absolute atomic E-state index is 0.374. The molecule has 6 heteroatoms. The summed E-state index contributed by atoms with van der Waals surface area (Å²) in [6.07, 6.45) is 1.81. The van der Waals surface area contributed by atoms with Crippen LogP contribution in [0.25, 0.3) is 0 Å². The maximum absolute atomic E-state index is 12.6. The molecule has 1 aromatic carbocycles. The van der Waals surface area contributed by atoms with Gasteiger partial charge < -0.3 is 4.74 Å². The van der Waals surface area contributed by atoms with Crippen molar-refractivity contribution in [2.75, 3.05) is 20.2 Å². The third kappa shape index (κ3) is 3.59. The average molecular weight is 351 g/mol. The minimum atomic E-state index is -3.32. The van der Waals surface area contributed by atoms with Crippen LogP contribution in [0.2, 0.25) is 0 Å². The predicted molar refractivity (Wildman–Crippen MR) is 92.6 cm³/mol. The summed E-state index contributed by atoms with van der Waals surface area (Å²) in [7, 11) is -1.67. The molecule has 1 unspecified atom stereocenters. The average Bonchev–Trinajstić information content (AvgIpc) is 3.18. The highest BCUT2D eigenvalue weighted by atomic mass is 32.2. The number of nitrogens with zero attached hydrogens (tertiary/aromatic N) is 1. The summed E-state index contributed by atoms with van der Waals surface area (Å²) in [4.78, 5) is 1.03. The summed E-state index contributed by atoms with van der Waals surface area (Å²) in [6, 6.07) is 11.6. The lowest BCUT2D eigenvalue weighted by molar-refractivity contribution is 0.414. The van der Waals surface area contributed by atoms with Crippen LogP contribution in [-0.4, -0.2) is 32.9 Å². The number of rotatable bonds is 5. The van der Waals surface area contributed by atoms with Crippen LogP contribution in [0.4, 0.5) is 0 Å². The summed E-state index contributed by atoms with van der Waals surface area (Å²) >= 11 is 1.35. The van der Waals surface area contributed by atoms with Crippen LogP contribution in [0.1, 0.15) is 16.9 Å². The predicted octanol–water partition coefficient (Wildman–Crippen LogP) is 3.32. The number of aryl methyl sites for hydroxylation is 1. The molecule has 1 fully saturated rings. The molecule has 1 aromatic heterocycles. The Kier molecular flexibility index (Phi) is 4.75. The molecule has 3 rings (SSSR count). The second kappa shape index (κ2) is 6.63. The fourth-order valence-electron chi connectivity index (χ4n) is 2.95. The number of thiophene rings is 1. The summed E-state index contributed by atoms with van der Waals surface area (Å²) in [5.41, 5.74) is 1.22. The fourth-order valence-corrected chi connectivity index (χ4v) is 5.92. The van der Waals surface area contributed by atoms with E-state index in [0.717, 1.165) is 23.5 Å². The van der Waals surface area contributed by atoms with Gasteiger partial charge in [0, 0.05) is 18.0 Å². The van der Waals surface area contributed by atoms with Gasteiger partial charge in [-0.05, 0) is 55.5 Å². The van der Waals surface area contributed by atoms with Crippen LogP contribution >= 0.6 is 11.3 Å². The molecular weight excluding hydrogens is 330 g/mol. The highest BCUT2D eigenvalue weighted by molar-refractivity contribution is 7.91. The lowest BCUT2D eigenvalue weighted by atomic mass is 9.99. The highest BCUT2D eigenvalue weighted by Gasteiger charge is 2.33. The van der Waals surface area contributed by atoms with Gasteiger partial charge in [0.2, 0.25) is 0 Å². The second-order valence-corrected chi connectivity index (χ2v) is 9.39. The van der Waals surface area contributed by atoms with Crippen LogP contribution in [0.3, 0.4) is 0 Å². The lowest BCUT2D eigenvalue weighted by Gasteiger charge is -2.15. The largest absolute Gasteiger partial charge is 0.497 e. The molecule has 0 radical (unpaired) electrons. The number of sulfonamides is 1. The molecule has 2 aromatic rings. The first-order valence-electron chi connectivity index (χ1n) is 7.68. The minimum Gasteiger partial charge on any atom is -0.497 e. The van der Waals surface area contributed by atoms with E-state index in [1.165, 1.54) is 16.9 Å². The van der Waals surface area contributed by atoms with Gasteiger partial charge in [-0.15, -0.1) is 11.3 Å². The highest BCUT2D eigenvalue weighted by Crippen LogP contribution is 2.30. The summed E-state index contributed by atoms with van der Waals surface area (Å²) in [5, 5.41) is 0. The summed E-state index contributed by atoms with van der Waals surface area (Å²) in [5.74, 6) is 1.22. The van der Waals surface area contributed by atoms with Gasteiger partial charge in [0.25, 0.3) is 10.0 Å². The molecule has 0 spiro atoms. The van der Waals surface area contributed by atoms with E-state index in [-0.39, 0.29) is 0 Å². The molecule has 23 heavy (non-hydrogen) atoms. The SMILES string of the molecule is COc1ccc(CC2CCN(S(=O)(=O)c3ccc(C)s3)C2)cc1. The third-order valence-corrected chi connectivity index (χ3v) is 7.58. The zero-order valence-electron chi connectivity index (χ0n) is 13.4. The molecule has 0 N–H and O–H groups in total. The Bertz CT molecular complexity index is 765. The first-order valence-corrected chi connectivity index (χ1v) is 9.94. The van der Waals surface area contributed by atoms with E-state index in [4.69, 9.17) is 4.74 Å². The summed E-state index contributed by atoms with van der Waals surface area (Å²) in [6.45, 7) is 3.14. The zero-order valence-corrected chi connectivity index (χ0v) is 15.0. The number of methoxy groups -OCH3 is 1. The van der Waals surface area contributed by atoms with E-state index in [2.05, 4.69) is 12.1 Å². The van der Waals surface area contributed by atoms with E-state index in [0.29, 0.717) is 23.2 Å². The maximum atomic E-state index is 12.6. The van der Waals surface area contributed by atoms with Crippen molar-refractivity contribution in [1.29, 1.82) is 0 Å². The van der Waals surface area contributed by atoms with Crippen molar-refractivity contribution in [3.05, 3.63) is 46.8 Å². The topological polar surface area (TPSA) is 46.6 Å². The zero-order chi connectivity index (χ0) is 16.4. The normalized spacial score (nSPS) is 19.1. The van der Waals surface area contributed by atoms with Crippen molar-refractivity contribution in [2.45, 2.75) is 24.0 Å². The Morgan fingerprint density at radius 2 is 1.96 bits per heavy atom. The van der Waals surface area contributed by atoms with Crippen molar-refractivity contribution in [2.24, 2.45) is 5.92 Å². The third-order valence-electron chi connectivity index (χ3n) is 4.24. The monoisotopic (exact) mass is 351 g/mol.